The molecule has 1 N–H and O–H groups in total. The summed E-state index contributed by atoms with van der Waals surface area (Å²) in [5, 5.41) is 3.57. The number of benzene rings is 1. The molecule has 1 aliphatic carbocycles. The van der Waals surface area contributed by atoms with Gasteiger partial charge in [-0.25, -0.2) is 0 Å². The molecule has 2 rings (SSSR count). The van der Waals surface area contributed by atoms with E-state index < -0.39 is 0 Å². The Kier molecular flexibility index (Phi) is 5.15. The molecule has 0 saturated heterocycles. The standard InChI is InChI=1S/C18H29NO2/c1-6-13-9-10-14(15(11-13)20-5)21-17-12-16(19-8-3)18(17,4)7-2/h9-11,16-17,19H,6-8,12H2,1-5H3. The average Bonchev–Trinajstić information content (AvgIpc) is 2.53. The van der Waals surface area contributed by atoms with Gasteiger partial charge in [0, 0.05) is 17.9 Å². The molecule has 0 amide bonds. The Morgan fingerprint density at radius 2 is 2.00 bits per heavy atom. The van der Waals surface area contributed by atoms with Crippen molar-refractivity contribution in [3.05, 3.63) is 23.8 Å². The molecule has 21 heavy (non-hydrogen) atoms. The molecule has 1 aromatic rings. The molecule has 118 valence electrons. The Morgan fingerprint density at radius 3 is 2.57 bits per heavy atom. The Bertz CT molecular complexity index is 474. The highest BCUT2D eigenvalue weighted by atomic mass is 16.5. The minimum atomic E-state index is 0.199. The van der Waals surface area contributed by atoms with Crippen molar-refractivity contribution in [2.24, 2.45) is 5.41 Å². The van der Waals surface area contributed by atoms with E-state index >= 15 is 0 Å². The summed E-state index contributed by atoms with van der Waals surface area (Å²) in [6, 6.07) is 6.81. The zero-order chi connectivity index (χ0) is 15.5. The van der Waals surface area contributed by atoms with Crippen LogP contribution in [0.5, 0.6) is 11.5 Å². The van der Waals surface area contributed by atoms with Gasteiger partial charge >= 0.3 is 0 Å². The molecule has 0 bridgehead atoms. The van der Waals surface area contributed by atoms with Crippen LogP contribution < -0.4 is 14.8 Å². The summed E-state index contributed by atoms with van der Waals surface area (Å²) in [7, 11) is 1.71. The van der Waals surface area contributed by atoms with E-state index in [2.05, 4.69) is 45.1 Å². The number of methoxy groups -OCH3 is 1. The summed E-state index contributed by atoms with van der Waals surface area (Å²) >= 11 is 0. The third-order valence-electron chi connectivity index (χ3n) is 5.10. The van der Waals surface area contributed by atoms with Crippen molar-refractivity contribution in [3.63, 3.8) is 0 Å². The van der Waals surface area contributed by atoms with Crippen LogP contribution in [0.1, 0.15) is 46.1 Å². The molecule has 1 fully saturated rings. The number of hydrogen-bond acceptors (Lipinski definition) is 3. The Morgan fingerprint density at radius 1 is 1.24 bits per heavy atom. The van der Waals surface area contributed by atoms with E-state index in [-0.39, 0.29) is 11.5 Å². The van der Waals surface area contributed by atoms with Gasteiger partial charge in [0.15, 0.2) is 11.5 Å². The molecule has 3 unspecified atom stereocenters. The molecule has 0 radical (unpaired) electrons. The quantitative estimate of drug-likeness (QED) is 0.829. The normalized spacial score (nSPS) is 28.0. The van der Waals surface area contributed by atoms with Crippen LogP contribution in [-0.4, -0.2) is 25.8 Å². The minimum absolute atomic E-state index is 0.199. The smallest absolute Gasteiger partial charge is 0.161 e. The lowest BCUT2D eigenvalue weighted by atomic mass is 9.61. The maximum atomic E-state index is 6.29. The summed E-state index contributed by atoms with van der Waals surface area (Å²) in [6.45, 7) is 9.90. The molecule has 3 heteroatoms. The zero-order valence-electron chi connectivity index (χ0n) is 14.0. The molecular weight excluding hydrogens is 262 g/mol. The summed E-state index contributed by atoms with van der Waals surface area (Å²) in [6.07, 6.45) is 3.45. The Labute approximate surface area is 129 Å². The van der Waals surface area contributed by atoms with Gasteiger partial charge in [-0.3, -0.25) is 0 Å². The number of rotatable bonds is 7. The molecule has 0 heterocycles. The van der Waals surface area contributed by atoms with Gasteiger partial charge in [0.05, 0.1) is 7.11 Å². The topological polar surface area (TPSA) is 30.5 Å². The predicted octanol–water partition coefficient (Wildman–Crippen LogP) is 3.80. The van der Waals surface area contributed by atoms with Crippen molar-refractivity contribution in [1.82, 2.24) is 5.32 Å². The van der Waals surface area contributed by atoms with E-state index in [1.807, 2.05) is 6.07 Å². The molecule has 1 aromatic carbocycles. The number of hydrogen-bond donors (Lipinski definition) is 1. The lowest BCUT2D eigenvalue weighted by molar-refractivity contribution is -0.0705. The lowest BCUT2D eigenvalue weighted by Crippen LogP contribution is -2.63. The van der Waals surface area contributed by atoms with Crippen molar-refractivity contribution in [3.8, 4) is 11.5 Å². The van der Waals surface area contributed by atoms with Gasteiger partial charge in [0.1, 0.15) is 6.10 Å². The van der Waals surface area contributed by atoms with Crippen molar-refractivity contribution in [1.29, 1.82) is 0 Å². The molecular formula is C18H29NO2. The molecule has 0 aliphatic heterocycles. The van der Waals surface area contributed by atoms with Crippen LogP contribution in [0.3, 0.4) is 0 Å². The monoisotopic (exact) mass is 291 g/mol. The summed E-state index contributed by atoms with van der Waals surface area (Å²) in [4.78, 5) is 0. The van der Waals surface area contributed by atoms with Crippen LogP contribution in [-0.2, 0) is 6.42 Å². The lowest BCUT2D eigenvalue weighted by Gasteiger charge is -2.53. The third kappa shape index (κ3) is 3.03. The first-order valence-corrected chi connectivity index (χ1v) is 8.15. The first kappa shape index (κ1) is 16.2. The number of nitrogens with one attached hydrogen (secondary N) is 1. The maximum absolute atomic E-state index is 6.29. The fourth-order valence-corrected chi connectivity index (χ4v) is 3.22. The molecule has 3 nitrogen and oxygen atoms in total. The second-order valence-electron chi connectivity index (χ2n) is 6.15. The predicted molar refractivity (Wildman–Crippen MR) is 87.3 cm³/mol. The number of ether oxygens (including phenoxy) is 2. The van der Waals surface area contributed by atoms with E-state index in [0.29, 0.717) is 6.04 Å². The van der Waals surface area contributed by atoms with Gasteiger partial charge in [-0.15, -0.1) is 0 Å². The van der Waals surface area contributed by atoms with Crippen LogP contribution in [0.2, 0.25) is 0 Å². The van der Waals surface area contributed by atoms with Gasteiger partial charge in [0.2, 0.25) is 0 Å². The second-order valence-corrected chi connectivity index (χ2v) is 6.15. The Balaban J connectivity index is 2.12. The van der Waals surface area contributed by atoms with Crippen LogP contribution >= 0.6 is 0 Å². The van der Waals surface area contributed by atoms with Crippen molar-refractivity contribution in [2.75, 3.05) is 13.7 Å². The maximum Gasteiger partial charge on any atom is 0.161 e. The van der Waals surface area contributed by atoms with Gasteiger partial charge in [-0.2, -0.15) is 0 Å². The summed E-state index contributed by atoms with van der Waals surface area (Å²) in [5.41, 5.74) is 1.47. The molecule has 3 atom stereocenters. The van der Waals surface area contributed by atoms with Crippen LogP contribution in [0, 0.1) is 5.41 Å². The van der Waals surface area contributed by atoms with Gasteiger partial charge in [0.25, 0.3) is 0 Å². The molecule has 1 aliphatic rings. The third-order valence-corrected chi connectivity index (χ3v) is 5.10. The average molecular weight is 291 g/mol. The SMILES string of the molecule is CCNC1CC(Oc2ccc(CC)cc2OC)C1(C)CC. The van der Waals surface area contributed by atoms with Gasteiger partial charge < -0.3 is 14.8 Å². The highest BCUT2D eigenvalue weighted by Crippen LogP contribution is 2.47. The van der Waals surface area contributed by atoms with E-state index in [0.717, 1.165) is 37.3 Å². The van der Waals surface area contributed by atoms with Crippen molar-refractivity contribution in [2.45, 2.75) is 59.1 Å². The van der Waals surface area contributed by atoms with Crippen LogP contribution in [0.25, 0.3) is 0 Å². The Hall–Kier alpha value is -1.22. The first-order chi connectivity index (χ1) is 10.1. The fourth-order valence-electron chi connectivity index (χ4n) is 3.22. The van der Waals surface area contributed by atoms with E-state index in [9.17, 15) is 0 Å². The molecule has 0 aromatic heterocycles. The summed E-state index contributed by atoms with van der Waals surface area (Å²) in [5.74, 6) is 1.72. The first-order valence-electron chi connectivity index (χ1n) is 8.15. The van der Waals surface area contributed by atoms with Crippen LogP contribution in [0.4, 0.5) is 0 Å². The van der Waals surface area contributed by atoms with Crippen molar-refractivity contribution >= 4 is 0 Å². The zero-order valence-corrected chi connectivity index (χ0v) is 14.0. The second kappa shape index (κ2) is 6.69. The minimum Gasteiger partial charge on any atom is -0.493 e. The van der Waals surface area contributed by atoms with E-state index in [1.54, 1.807) is 7.11 Å². The highest BCUT2D eigenvalue weighted by molar-refractivity contribution is 5.43. The van der Waals surface area contributed by atoms with Crippen molar-refractivity contribution < 1.29 is 9.47 Å². The van der Waals surface area contributed by atoms with Gasteiger partial charge in [-0.05, 0) is 37.1 Å². The highest BCUT2D eigenvalue weighted by Gasteiger charge is 2.51. The largest absolute Gasteiger partial charge is 0.493 e. The molecule has 1 saturated carbocycles. The van der Waals surface area contributed by atoms with E-state index in [4.69, 9.17) is 9.47 Å². The summed E-state index contributed by atoms with van der Waals surface area (Å²) < 4.78 is 11.8. The fraction of sp³-hybridized carbons (Fsp3) is 0.667. The molecule has 0 spiro atoms. The van der Waals surface area contributed by atoms with E-state index in [1.165, 1.54) is 5.56 Å². The number of aryl methyl sites for hydroxylation is 1. The van der Waals surface area contributed by atoms with Gasteiger partial charge in [-0.1, -0.05) is 33.8 Å². The van der Waals surface area contributed by atoms with Crippen LogP contribution in [0.15, 0.2) is 18.2 Å².